The Kier molecular flexibility index (Phi) is 3.21. The molecule has 0 aromatic carbocycles. The topological polar surface area (TPSA) is 117 Å². The van der Waals surface area contributed by atoms with Crippen molar-refractivity contribution in [2.24, 2.45) is 23.5 Å². The van der Waals surface area contributed by atoms with Gasteiger partial charge in [-0.1, -0.05) is 0 Å². The number of imidazole rings is 1. The summed E-state index contributed by atoms with van der Waals surface area (Å²) in [6.45, 7) is 0.545. The number of hydrogen-bond acceptors (Lipinski definition) is 5. The van der Waals surface area contributed by atoms with Crippen molar-refractivity contribution in [3.8, 4) is 0 Å². The summed E-state index contributed by atoms with van der Waals surface area (Å²) >= 11 is 0. The number of amides is 1. The largest absolute Gasteiger partial charge is 0.390 e. The lowest BCUT2D eigenvalue weighted by atomic mass is 9.52. The lowest BCUT2D eigenvalue weighted by Crippen LogP contribution is -2.60. The van der Waals surface area contributed by atoms with Crippen molar-refractivity contribution >= 4 is 17.1 Å². The summed E-state index contributed by atoms with van der Waals surface area (Å²) < 4.78 is 0. The van der Waals surface area contributed by atoms with E-state index in [1.165, 1.54) is 19.0 Å². The molecule has 4 aliphatic rings. The number of nitrogens with two attached hydrogens (primary N) is 1. The van der Waals surface area contributed by atoms with Crippen molar-refractivity contribution in [2.45, 2.75) is 50.3 Å². The van der Waals surface area contributed by atoms with E-state index in [0.717, 1.165) is 24.8 Å². The first-order valence-corrected chi connectivity index (χ1v) is 9.09. The van der Waals surface area contributed by atoms with Gasteiger partial charge in [0, 0.05) is 24.3 Å². The first kappa shape index (κ1) is 15.3. The Morgan fingerprint density at radius 2 is 2.08 bits per heavy atom. The quantitative estimate of drug-likeness (QED) is 0.664. The highest BCUT2D eigenvalue weighted by atomic mass is 16.3. The van der Waals surface area contributed by atoms with E-state index in [1.54, 1.807) is 6.33 Å². The van der Waals surface area contributed by atoms with Crippen molar-refractivity contribution in [3.63, 3.8) is 0 Å². The van der Waals surface area contributed by atoms with E-state index in [4.69, 9.17) is 5.73 Å². The summed E-state index contributed by atoms with van der Waals surface area (Å²) in [4.78, 5) is 23.3. The minimum absolute atomic E-state index is 0.389. The van der Waals surface area contributed by atoms with Crippen LogP contribution in [0.15, 0.2) is 12.5 Å². The van der Waals surface area contributed by atoms with Crippen LogP contribution < -0.4 is 11.1 Å². The average molecular weight is 341 g/mol. The van der Waals surface area contributed by atoms with E-state index in [1.807, 2.05) is 0 Å². The van der Waals surface area contributed by atoms with Gasteiger partial charge in [-0.05, 0) is 49.9 Å². The molecule has 2 unspecified atom stereocenters. The number of H-pyrrole nitrogens is 1. The van der Waals surface area contributed by atoms with E-state index >= 15 is 0 Å². The lowest BCUT2D eigenvalue weighted by molar-refractivity contribution is -0.138. The van der Waals surface area contributed by atoms with E-state index in [0.29, 0.717) is 47.1 Å². The van der Waals surface area contributed by atoms with Crippen molar-refractivity contribution in [2.75, 3.05) is 0 Å². The lowest BCUT2D eigenvalue weighted by Gasteiger charge is -2.58. The van der Waals surface area contributed by atoms with Gasteiger partial charge in [-0.15, -0.1) is 0 Å². The molecule has 2 atom stereocenters. The van der Waals surface area contributed by atoms with Crippen molar-refractivity contribution in [3.05, 3.63) is 23.7 Å². The Morgan fingerprint density at radius 3 is 2.76 bits per heavy atom. The third-order valence-corrected chi connectivity index (χ3v) is 6.57. The van der Waals surface area contributed by atoms with Gasteiger partial charge in [-0.25, -0.2) is 9.97 Å². The van der Waals surface area contributed by atoms with Crippen LogP contribution in [0.25, 0.3) is 11.2 Å². The van der Waals surface area contributed by atoms with Crippen LogP contribution >= 0.6 is 0 Å². The summed E-state index contributed by atoms with van der Waals surface area (Å²) in [6.07, 6.45) is 8.30. The van der Waals surface area contributed by atoms with Gasteiger partial charge >= 0.3 is 0 Å². The molecule has 4 saturated carbocycles. The number of carbonyl (C=O) groups is 1. The number of rotatable bonds is 4. The Balaban J connectivity index is 1.42. The maximum Gasteiger partial charge on any atom is 0.250 e. The molecule has 5 N–H and O–H groups in total. The van der Waals surface area contributed by atoms with Crippen LogP contribution in [-0.2, 0) is 6.54 Å². The standard InChI is InChI=1S/C18H23N5O2/c19-16(24)13-7-21-17-15(22-8-23-17)12(13)6-20-14-10-1-9-2-11(14)5-18(25,3-9)4-10/h7-11,14,20,25H,1-6H2,(H2,19,24)(H,21,22,23). The fourth-order valence-corrected chi connectivity index (χ4v) is 5.87. The number of hydrogen-bond donors (Lipinski definition) is 4. The van der Waals surface area contributed by atoms with Crippen molar-refractivity contribution in [1.29, 1.82) is 0 Å². The zero-order valence-corrected chi connectivity index (χ0v) is 14.0. The van der Waals surface area contributed by atoms with Gasteiger partial charge in [-0.2, -0.15) is 0 Å². The minimum atomic E-state index is -0.478. The highest BCUT2D eigenvalue weighted by molar-refractivity contribution is 5.97. The van der Waals surface area contributed by atoms with Crippen LogP contribution in [0.3, 0.4) is 0 Å². The molecule has 132 valence electrons. The zero-order valence-electron chi connectivity index (χ0n) is 14.0. The molecular weight excluding hydrogens is 318 g/mol. The normalized spacial score (nSPS) is 36.2. The highest BCUT2D eigenvalue weighted by Crippen LogP contribution is 2.55. The van der Waals surface area contributed by atoms with Gasteiger partial charge in [0.1, 0.15) is 5.52 Å². The first-order chi connectivity index (χ1) is 12.0. The highest BCUT2D eigenvalue weighted by Gasteiger charge is 2.54. The zero-order chi connectivity index (χ0) is 17.2. The molecule has 6 rings (SSSR count). The van der Waals surface area contributed by atoms with Crippen LogP contribution in [0.4, 0.5) is 0 Å². The number of nitrogens with zero attached hydrogens (tertiary/aromatic N) is 2. The third-order valence-electron chi connectivity index (χ3n) is 6.57. The molecular formula is C18H23N5O2. The van der Waals surface area contributed by atoms with Gasteiger partial charge in [0.15, 0.2) is 5.65 Å². The van der Waals surface area contributed by atoms with Gasteiger partial charge in [-0.3, -0.25) is 4.79 Å². The van der Waals surface area contributed by atoms with Crippen LogP contribution in [0.1, 0.15) is 48.0 Å². The Hall–Kier alpha value is -1.99. The van der Waals surface area contributed by atoms with Crippen LogP contribution in [0.2, 0.25) is 0 Å². The number of aromatic nitrogens is 3. The van der Waals surface area contributed by atoms with Gasteiger partial charge < -0.3 is 21.1 Å². The third kappa shape index (κ3) is 2.37. The molecule has 0 aliphatic heterocycles. The number of carbonyl (C=O) groups excluding carboxylic acids is 1. The smallest absolute Gasteiger partial charge is 0.250 e. The number of fused-ring (bicyclic) bond motifs is 1. The average Bonchev–Trinajstić information content (AvgIpc) is 3.01. The van der Waals surface area contributed by atoms with Crippen molar-refractivity contribution in [1.82, 2.24) is 20.3 Å². The number of nitrogens with one attached hydrogen (secondary N) is 2. The maximum atomic E-state index is 11.8. The molecule has 0 spiro atoms. The van der Waals surface area contributed by atoms with E-state index < -0.39 is 11.5 Å². The molecule has 1 amide bonds. The summed E-state index contributed by atoms with van der Waals surface area (Å²) in [7, 11) is 0. The molecule has 4 bridgehead atoms. The second-order valence-corrected chi connectivity index (χ2v) is 8.22. The van der Waals surface area contributed by atoms with E-state index in [2.05, 4.69) is 20.3 Å². The molecule has 2 aromatic heterocycles. The molecule has 2 aromatic rings. The second-order valence-electron chi connectivity index (χ2n) is 8.22. The number of aliphatic hydroxyl groups is 1. The fourth-order valence-electron chi connectivity index (χ4n) is 5.87. The number of aromatic amines is 1. The van der Waals surface area contributed by atoms with Gasteiger partial charge in [0.25, 0.3) is 5.91 Å². The summed E-state index contributed by atoms with van der Waals surface area (Å²) in [5, 5.41) is 14.4. The predicted octanol–water partition coefficient (Wildman–Crippen LogP) is 1.09. The first-order valence-electron chi connectivity index (χ1n) is 9.09. The maximum absolute atomic E-state index is 11.8. The summed E-state index contributed by atoms with van der Waals surface area (Å²) in [6, 6.07) is 0.389. The predicted molar refractivity (Wildman–Crippen MR) is 91.5 cm³/mol. The molecule has 4 aliphatic carbocycles. The molecule has 25 heavy (non-hydrogen) atoms. The summed E-state index contributed by atoms with van der Waals surface area (Å²) in [5.74, 6) is 1.24. The van der Waals surface area contributed by atoms with Crippen LogP contribution in [-0.4, -0.2) is 37.6 Å². The van der Waals surface area contributed by atoms with Crippen LogP contribution in [0.5, 0.6) is 0 Å². The van der Waals surface area contributed by atoms with Gasteiger partial charge in [0.2, 0.25) is 0 Å². The monoisotopic (exact) mass is 341 g/mol. The summed E-state index contributed by atoms with van der Waals surface area (Å²) in [5.41, 5.74) is 7.71. The Morgan fingerprint density at radius 1 is 1.32 bits per heavy atom. The molecule has 2 heterocycles. The fraction of sp³-hybridized carbons (Fsp3) is 0.611. The molecule has 4 fully saturated rings. The minimum Gasteiger partial charge on any atom is -0.390 e. The Labute approximate surface area is 145 Å². The van der Waals surface area contributed by atoms with Crippen LogP contribution in [0, 0.1) is 17.8 Å². The molecule has 0 saturated heterocycles. The van der Waals surface area contributed by atoms with Gasteiger partial charge in [0.05, 0.1) is 17.5 Å². The SMILES string of the molecule is NC(=O)c1cnc2[nH]cnc2c1CNC1C2CC3CC1CC(O)(C3)C2. The van der Waals surface area contributed by atoms with E-state index in [9.17, 15) is 9.90 Å². The number of primary amides is 1. The molecule has 0 radical (unpaired) electrons. The molecule has 7 nitrogen and oxygen atoms in total. The van der Waals surface area contributed by atoms with Crippen molar-refractivity contribution < 1.29 is 9.90 Å². The molecule has 7 heteroatoms. The number of pyridine rings is 1. The van der Waals surface area contributed by atoms with E-state index in [-0.39, 0.29) is 0 Å². The Bertz CT molecular complexity index is 831. The second kappa shape index (κ2) is 5.25.